The molecule has 4 unspecified atom stereocenters. The summed E-state index contributed by atoms with van der Waals surface area (Å²) in [6.07, 6.45) is 4.70. The van der Waals surface area contributed by atoms with Crippen molar-refractivity contribution in [1.82, 2.24) is 5.32 Å². The van der Waals surface area contributed by atoms with Gasteiger partial charge in [-0.05, 0) is 55.8 Å². The van der Waals surface area contributed by atoms with E-state index in [2.05, 4.69) is 50.4 Å². The molecule has 2 nitrogen and oxygen atoms in total. The number of nitrogens with one attached hydrogen (secondary N) is 1. The van der Waals surface area contributed by atoms with Crippen molar-refractivity contribution >= 4 is 10.8 Å². The van der Waals surface area contributed by atoms with Gasteiger partial charge in [0.15, 0.2) is 0 Å². The molecule has 1 fully saturated rings. The van der Waals surface area contributed by atoms with Gasteiger partial charge in [0, 0.05) is 10.9 Å². The third-order valence-corrected chi connectivity index (χ3v) is 6.71. The summed E-state index contributed by atoms with van der Waals surface area (Å²) in [5.41, 5.74) is 1.32. The normalized spacial score (nSPS) is 27.8. The van der Waals surface area contributed by atoms with Gasteiger partial charge in [0.05, 0.1) is 16.0 Å². The van der Waals surface area contributed by atoms with Crippen LogP contribution in [0.2, 0.25) is 0 Å². The maximum atomic E-state index is 13.0. The lowest BCUT2D eigenvalue weighted by Crippen LogP contribution is -2.44. The van der Waals surface area contributed by atoms with Crippen LogP contribution in [-0.4, -0.2) is 22.5 Å². The molecular formula is C18H29NOS. The maximum Gasteiger partial charge on any atom is 0.0576 e. The van der Waals surface area contributed by atoms with E-state index in [9.17, 15) is 4.21 Å². The molecule has 118 valence electrons. The summed E-state index contributed by atoms with van der Waals surface area (Å²) in [5, 5.41) is 3.63. The van der Waals surface area contributed by atoms with E-state index in [0.717, 1.165) is 23.7 Å². The molecule has 21 heavy (non-hydrogen) atoms. The molecule has 0 spiro atoms. The molecule has 1 N–H and O–H groups in total. The van der Waals surface area contributed by atoms with Crippen molar-refractivity contribution < 1.29 is 4.21 Å². The lowest BCUT2D eigenvalue weighted by Gasteiger charge is -2.35. The molecule has 1 aliphatic rings. The number of hydrogen-bond donors (Lipinski definition) is 1. The molecule has 0 radical (unpaired) electrons. The van der Waals surface area contributed by atoms with Gasteiger partial charge in [0.25, 0.3) is 0 Å². The zero-order chi connectivity index (χ0) is 15.4. The maximum absolute atomic E-state index is 13.0. The molecular weight excluding hydrogens is 278 g/mol. The third kappa shape index (κ3) is 3.95. The van der Waals surface area contributed by atoms with E-state index in [0.29, 0.717) is 12.0 Å². The van der Waals surface area contributed by atoms with E-state index in [1.807, 2.05) is 7.05 Å². The fraction of sp³-hybridized carbons (Fsp3) is 0.667. The van der Waals surface area contributed by atoms with Crippen LogP contribution in [0.25, 0.3) is 0 Å². The molecule has 1 aromatic rings. The Morgan fingerprint density at radius 1 is 1.24 bits per heavy atom. The van der Waals surface area contributed by atoms with Crippen LogP contribution < -0.4 is 5.32 Å². The quantitative estimate of drug-likeness (QED) is 0.888. The monoisotopic (exact) mass is 307 g/mol. The zero-order valence-electron chi connectivity index (χ0n) is 13.8. The minimum atomic E-state index is -0.906. The average molecular weight is 308 g/mol. The Morgan fingerprint density at radius 3 is 2.43 bits per heavy atom. The Bertz CT molecular complexity index is 469. The standard InChI is InChI=1S/C18H29NOS/c1-5-14-6-11-17(19-4)18(12-14)21(20)16-9-7-15(8-10-16)13(2)3/h7-10,13-14,17-19H,5-6,11-12H2,1-4H3. The summed E-state index contributed by atoms with van der Waals surface area (Å²) in [4.78, 5) is 0.987. The molecule has 0 saturated heterocycles. The van der Waals surface area contributed by atoms with E-state index < -0.39 is 10.8 Å². The predicted octanol–water partition coefficient (Wildman–Crippen LogP) is 4.08. The predicted molar refractivity (Wildman–Crippen MR) is 91.2 cm³/mol. The molecule has 0 aliphatic heterocycles. The topological polar surface area (TPSA) is 29.1 Å². The van der Waals surface area contributed by atoms with Gasteiger partial charge in [-0.1, -0.05) is 39.3 Å². The Balaban J connectivity index is 2.15. The molecule has 3 heteroatoms. The first-order valence-electron chi connectivity index (χ1n) is 8.24. The first-order chi connectivity index (χ1) is 10.1. The Labute approximate surface area is 132 Å². The van der Waals surface area contributed by atoms with Crippen LogP contribution in [-0.2, 0) is 10.8 Å². The second-order valence-corrected chi connectivity index (χ2v) is 8.21. The summed E-state index contributed by atoms with van der Waals surface area (Å²) < 4.78 is 13.0. The minimum Gasteiger partial charge on any atom is -0.316 e. The molecule has 0 amide bonds. The molecule has 2 rings (SSSR count). The highest BCUT2D eigenvalue weighted by molar-refractivity contribution is 7.85. The van der Waals surface area contributed by atoms with Gasteiger partial charge in [-0.25, -0.2) is 0 Å². The van der Waals surface area contributed by atoms with Crippen molar-refractivity contribution in [2.24, 2.45) is 5.92 Å². The van der Waals surface area contributed by atoms with Gasteiger partial charge in [-0.2, -0.15) is 0 Å². The summed E-state index contributed by atoms with van der Waals surface area (Å²) in [6.45, 7) is 6.63. The Kier molecular flexibility index (Phi) is 6.00. The van der Waals surface area contributed by atoms with Crippen molar-refractivity contribution in [3.63, 3.8) is 0 Å². The van der Waals surface area contributed by atoms with Gasteiger partial charge in [0.2, 0.25) is 0 Å². The Morgan fingerprint density at radius 2 is 1.90 bits per heavy atom. The summed E-state index contributed by atoms with van der Waals surface area (Å²) in [6, 6.07) is 8.78. The van der Waals surface area contributed by atoms with Crippen LogP contribution in [0.15, 0.2) is 29.2 Å². The number of rotatable bonds is 5. The van der Waals surface area contributed by atoms with Crippen molar-refractivity contribution in [2.75, 3.05) is 7.05 Å². The fourth-order valence-electron chi connectivity index (χ4n) is 3.31. The van der Waals surface area contributed by atoms with E-state index in [1.165, 1.54) is 18.4 Å². The fourth-order valence-corrected chi connectivity index (χ4v) is 5.08. The van der Waals surface area contributed by atoms with Crippen molar-refractivity contribution in [3.8, 4) is 0 Å². The lowest BCUT2D eigenvalue weighted by atomic mass is 9.84. The van der Waals surface area contributed by atoms with Crippen LogP contribution in [0, 0.1) is 5.92 Å². The SMILES string of the molecule is CCC1CCC(NC)C(S(=O)c2ccc(C(C)C)cc2)C1. The third-order valence-electron chi connectivity index (χ3n) is 4.90. The summed E-state index contributed by atoms with van der Waals surface area (Å²) in [7, 11) is 1.10. The largest absolute Gasteiger partial charge is 0.316 e. The second-order valence-electron chi connectivity index (χ2n) is 6.54. The molecule has 0 aromatic heterocycles. The molecule has 1 saturated carbocycles. The highest BCUT2D eigenvalue weighted by Crippen LogP contribution is 2.32. The Hall–Kier alpha value is -0.670. The minimum absolute atomic E-state index is 0.249. The van der Waals surface area contributed by atoms with Crippen molar-refractivity contribution in [1.29, 1.82) is 0 Å². The van der Waals surface area contributed by atoms with Gasteiger partial charge in [0.1, 0.15) is 0 Å². The van der Waals surface area contributed by atoms with E-state index in [1.54, 1.807) is 0 Å². The van der Waals surface area contributed by atoms with Crippen LogP contribution in [0.3, 0.4) is 0 Å². The number of benzene rings is 1. The molecule has 0 bridgehead atoms. The van der Waals surface area contributed by atoms with Gasteiger partial charge in [-0.3, -0.25) is 4.21 Å². The van der Waals surface area contributed by atoms with Crippen LogP contribution >= 0.6 is 0 Å². The smallest absolute Gasteiger partial charge is 0.0576 e. The van der Waals surface area contributed by atoms with E-state index >= 15 is 0 Å². The summed E-state index contributed by atoms with van der Waals surface area (Å²) in [5.74, 6) is 1.26. The molecule has 0 heterocycles. The lowest BCUT2D eigenvalue weighted by molar-refractivity contribution is 0.301. The van der Waals surface area contributed by atoms with Crippen molar-refractivity contribution in [2.45, 2.75) is 68.6 Å². The van der Waals surface area contributed by atoms with E-state index in [4.69, 9.17) is 0 Å². The molecule has 1 aromatic carbocycles. The first kappa shape index (κ1) is 16.7. The van der Waals surface area contributed by atoms with Crippen LogP contribution in [0.1, 0.15) is 57.9 Å². The van der Waals surface area contributed by atoms with Crippen LogP contribution in [0.4, 0.5) is 0 Å². The first-order valence-corrected chi connectivity index (χ1v) is 9.45. The zero-order valence-corrected chi connectivity index (χ0v) is 14.6. The molecule has 4 atom stereocenters. The average Bonchev–Trinajstić information content (AvgIpc) is 2.53. The number of hydrogen-bond acceptors (Lipinski definition) is 2. The van der Waals surface area contributed by atoms with Gasteiger partial charge in [-0.15, -0.1) is 0 Å². The summed E-state index contributed by atoms with van der Waals surface area (Å²) >= 11 is 0. The van der Waals surface area contributed by atoms with E-state index in [-0.39, 0.29) is 5.25 Å². The van der Waals surface area contributed by atoms with Crippen molar-refractivity contribution in [3.05, 3.63) is 29.8 Å². The second kappa shape index (κ2) is 7.55. The molecule has 1 aliphatic carbocycles. The highest BCUT2D eigenvalue weighted by Gasteiger charge is 2.33. The van der Waals surface area contributed by atoms with Crippen LogP contribution in [0.5, 0.6) is 0 Å². The van der Waals surface area contributed by atoms with Gasteiger partial charge >= 0.3 is 0 Å². The highest BCUT2D eigenvalue weighted by atomic mass is 32.2. The van der Waals surface area contributed by atoms with Gasteiger partial charge < -0.3 is 5.32 Å².